The van der Waals surface area contributed by atoms with Crippen molar-refractivity contribution in [3.63, 3.8) is 0 Å². The van der Waals surface area contributed by atoms with E-state index in [0.717, 1.165) is 12.0 Å². The van der Waals surface area contributed by atoms with E-state index < -0.39 is 22.9 Å². The summed E-state index contributed by atoms with van der Waals surface area (Å²) in [7, 11) is 0. The molecule has 0 N–H and O–H groups in total. The fourth-order valence-electron chi connectivity index (χ4n) is 5.19. The quantitative estimate of drug-likeness (QED) is 0.684. The molecule has 0 spiro atoms. The Morgan fingerprint density at radius 1 is 1.30 bits per heavy atom. The van der Waals surface area contributed by atoms with Gasteiger partial charge in [0.15, 0.2) is 11.6 Å². The number of fused-ring (bicyclic) bond motifs is 3. The second-order valence-electron chi connectivity index (χ2n) is 8.00. The van der Waals surface area contributed by atoms with Crippen LogP contribution in [0.25, 0.3) is 4.85 Å². The third kappa shape index (κ3) is 1.99. The molecule has 122 valence electrons. The van der Waals surface area contributed by atoms with Gasteiger partial charge in [-0.05, 0) is 36.8 Å². The summed E-state index contributed by atoms with van der Waals surface area (Å²) in [5.41, 5.74) is -0.937. The van der Waals surface area contributed by atoms with Gasteiger partial charge in [-0.3, -0.25) is 9.18 Å². The molecule has 0 heterocycles. The molecule has 1 saturated carbocycles. The van der Waals surface area contributed by atoms with Crippen molar-refractivity contribution in [3.05, 3.63) is 34.8 Å². The number of hydrogen-bond acceptors (Lipinski definition) is 2. The first-order valence-corrected chi connectivity index (χ1v) is 8.18. The Morgan fingerprint density at radius 2 is 2.00 bits per heavy atom. The van der Waals surface area contributed by atoms with Crippen LogP contribution < -0.4 is 0 Å². The van der Waals surface area contributed by atoms with Gasteiger partial charge in [-0.1, -0.05) is 26.8 Å². The van der Waals surface area contributed by atoms with Crippen LogP contribution in [0.2, 0.25) is 0 Å². The highest BCUT2D eigenvalue weighted by Gasteiger charge is 2.59. The van der Waals surface area contributed by atoms with Crippen LogP contribution in [0.1, 0.15) is 46.5 Å². The monoisotopic (exact) mass is 315 g/mol. The summed E-state index contributed by atoms with van der Waals surface area (Å²) in [6.45, 7) is 12.6. The molecule has 0 aromatic carbocycles. The van der Waals surface area contributed by atoms with Gasteiger partial charge in [0.2, 0.25) is 5.70 Å². The third-order valence-corrected chi connectivity index (χ3v) is 6.44. The van der Waals surface area contributed by atoms with Crippen molar-refractivity contribution in [2.24, 2.45) is 22.2 Å². The molecule has 3 aliphatic carbocycles. The largest absolute Gasteiger partial charge is 0.307 e. The maximum atomic E-state index is 14.0. The van der Waals surface area contributed by atoms with Gasteiger partial charge >= 0.3 is 0 Å². The van der Waals surface area contributed by atoms with Crippen molar-refractivity contribution in [3.8, 4) is 0 Å². The minimum atomic E-state index is -0.673. The van der Waals surface area contributed by atoms with E-state index in [1.54, 1.807) is 12.2 Å². The van der Waals surface area contributed by atoms with E-state index in [0.29, 0.717) is 19.3 Å². The maximum absolute atomic E-state index is 14.0. The Balaban J connectivity index is 2.26. The molecule has 0 radical (unpaired) electrons. The number of Topliss-reactive ketones (excluding diaryl/α,β-unsaturated/α-hetero) is 1. The summed E-state index contributed by atoms with van der Waals surface area (Å²) in [5, 5.41) is 0. The highest BCUT2D eigenvalue weighted by atomic mass is 19.1. The molecule has 0 aromatic rings. The Kier molecular flexibility index (Phi) is 3.41. The number of nitrogens with zero attached hydrogens (tertiary/aromatic N) is 1. The minimum Gasteiger partial charge on any atom is -0.307 e. The summed E-state index contributed by atoms with van der Waals surface area (Å²) < 4.78 is 14.0. The van der Waals surface area contributed by atoms with Gasteiger partial charge in [0.05, 0.1) is 13.2 Å². The number of rotatable bonds is 1. The molecule has 0 saturated heterocycles. The standard InChI is InChI=1S/C19H22FNO2/c1-17(2)14-6-8-19(11-20)7-5-12(22)9-15(19)18(14,3)10-13(21-4)16(17)23/h9-10,14H,5-8,11H2,1-3H3/t14-,18-,19+/m0/s1. The maximum Gasteiger partial charge on any atom is 0.226 e. The summed E-state index contributed by atoms with van der Waals surface area (Å²) in [5.74, 6) is -0.117. The first-order chi connectivity index (χ1) is 10.7. The molecule has 0 aromatic heterocycles. The molecular weight excluding hydrogens is 293 g/mol. The Hall–Kier alpha value is -1.76. The molecule has 3 aliphatic rings. The van der Waals surface area contributed by atoms with Crippen LogP contribution in [-0.2, 0) is 9.59 Å². The SMILES string of the molecule is [C-]#[N+]C1=C[C@]2(C)C3=CC(=O)CC[C@]3(CF)CC[C@H]2C(C)(C)C1=O. The Morgan fingerprint density at radius 3 is 2.61 bits per heavy atom. The fraction of sp³-hybridized carbons (Fsp3) is 0.632. The molecule has 1 fully saturated rings. The predicted octanol–water partition coefficient (Wildman–Crippen LogP) is 4.06. The molecular formula is C19H22FNO2. The van der Waals surface area contributed by atoms with E-state index in [2.05, 4.69) is 4.85 Å². The lowest BCUT2D eigenvalue weighted by atomic mass is 9.45. The zero-order chi connectivity index (χ0) is 17.0. The van der Waals surface area contributed by atoms with Crippen LogP contribution in [0.15, 0.2) is 23.4 Å². The zero-order valence-electron chi connectivity index (χ0n) is 13.9. The zero-order valence-corrected chi connectivity index (χ0v) is 13.9. The molecule has 0 bridgehead atoms. The van der Waals surface area contributed by atoms with E-state index in [1.807, 2.05) is 20.8 Å². The van der Waals surface area contributed by atoms with E-state index in [4.69, 9.17) is 6.57 Å². The normalized spacial score (nSPS) is 38.8. The Labute approximate surface area is 136 Å². The number of halogens is 1. The topological polar surface area (TPSA) is 38.5 Å². The lowest BCUT2D eigenvalue weighted by molar-refractivity contribution is -0.131. The van der Waals surface area contributed by atoms with Gasteiger partial charge in [0, 0.05) is 22.7 Å². The van der Waals surface area contributed by atoms with Crippen LogP contribution in [0.4, 0.5) is 4.39 Å². The number of ketones is 2. The average molecular weight is 315 g/mol. The van der Waals surface area contributed by atoms with Crippen LogP contribution >= 0.6 is 0 Å². The van der Waals surface area contributed by atoms with Crippen molar-refractivity contribution in [2.75, 3.05) is 6.67 Å². The molecule has 23 heavy (non-hydrogen) atoms. The minimum absolute atomic E-state index is 0.00942. The second kappa shape index (κ2) is 4.87. The number of carbonyl (C=O) groups is 2. The molecule has 3 nitrogen and oxygen atoms in total. The van der Waals surface area contributed by atoms with Gasteiger partial charge in [0.25, 0.3) is 0 Å². The van der Waals surface area contributed by atoms with Crippen LogP contribution in [0.5, 0.6) is 0 Å². The van der Waals surface area contributed by atoms with Gasteiger partial charge in [-0.15, -0.1) is 0 Å². The number of carbonyl (C=O) groups excluding carboxylic acids is 2. The van der Waals surface area contributed by atoms with E-state index in [-0.39, 0.29) is 23.2 Å². The molecule has 3 rings (SSSR count). The van der Waals surface area contributed by atoms with E-state index in [1.165, 1.54) is 0 Å². The van der Waals surface area contributed by atoms with Gasteiger partial charge < -0.3 is 4.79 Å². The highest BCUT2D eigenvalue weighted by Crippen LogP contribution is 2.64. The number of allylic oxidation sites excluding steroid dienone is 4. The van der Waals surface area contributed by atoms with Crippen molar-refractivity contribution in [1.29, 1.82) is 0 Å². The van der Waals surface area contributed by atoms with Crippen LogP contribution in [0, 0.1) is 28.7 Å². The van der Waals surface area contributed by atoms with E-state index in [9.17, 15) is 14.0 Å². The Bertz CT molecular complexity index is 697. The van der Waals surface area contributed by atoms with Crippen molar-refractivity contribution in [2.45, 2.75) is 46.5 Å². The first-order valence-electron chi connectivity index (χ1n) is 8.18. The molecule has 0 unspecified atom stereocenters. The molecule has 3 atom stereocenters. The fourth-order valence-corrected chi connectivity index (χ4v) is 5.19. The van der Waals surface area contributed by atoms with Gasteiger partial charge in [-0.2, -0.15) is 0 Å². The summed E-state index contributed by atoms with van der Waals surface area (Å²) in [6.07, 6.45) is 5.65. The van der Waals surface area contributed by atoms with Crippen molar-refractivity contribution < 1.29 is 14.0 Å². The third-order valence-electron chi connectivity index (χ3n) is 6.44. The van der Waals surface area contributed by atoms with Crippen molar-refractivity contribution in [1.82, 2.24) is 0 Å². The van der Waals surface area contributed by atoms with E-state index >= 15 is 0 Å². The number of alkyl halides is 1. The first kappa shape index (κ1) is 16.1. The highest BCUT2D eigenvalue weighted by molar-refractivity contribution is 6.02. The van der Waals surface area contributed by atoms with Crippen LogP contribution in [0.3, 0.4) is 0 Å². The second-order valence-corrected chi connectivity index (χ2v) is 8.00. The smallest absolute Gasteiger partial charge is 0.226 e. The summed E-state index contributed by atoms with van der Waals surface area (Å²) in [6, 6.07) is 0. The summed E-state index contributed by atoms with van der Waals surface area (Å²) in [4.78, 5) is 28.1. The molecule has 4 heteroatoms. The van der Waals surface area contributed by atoms with Crippen molar-refractivity contribution >= 4 is 11.6 Å². The number of hydrogen-bond donors (Lipinski definition) is 0. The van der Waals surface area contributed by atoms with Crippen LogP contribution in [-0.4, -0.2) is 18.2 Å². The summed E-state index contributed by atoms with van der Waals surface area (Å²) >= 11 is 0. The predicted molar refractivity (Wildman–Crippen MR) is 85.0 cm³/mol. The molecule has 0 aliphatic heterocycles. The lowest BCUT2D eigenvalue weighted by Gasteiger charge is -2.58. The van der Waals surface area contributed by atoms with Gasteiger partial charge in [0.1, 0.15) is 0 Å². The van der Waals surface area contributed by atoms with Gasteiger partial charge in [-0.25, -0.2) is 4.85 Å². The molecule has 0 amide bonds. The average Bonchev–Trinajstić information content (AvgIpc) is 2.52. The lowest BCUT2D eigenvalue weighted by Crippen LogP contribution is -2.54.